The largest absolute Gasteiger partial charge is 0.466 e. The van der Waals surface area contributed by atoms with Crippen molar-refractivity contribution in [2.24, 2.45) is 0 Å². The van der Waals surface area contributed by atoms with Gasteiger partial charge in [-0.05, 0) is 13.0 Å². The van der Waals surface area contributed by atoms with Crippen LogP contribution in [-0.2, 0) is 21.3 Å². The summed E-state index contributed by atoms with van der Waals surface area (Å²) < 4.78 is 43.5. The van der Waals surface area contributed by atoms with Crippen molar-refractivity contribution in [2.75, 3.05) is 6.61 Å². The number of esters is 1. The van der Waals surface area contributed by atoms with E-state index in [-0.39, 0.29) is 29.6 Å². The lowest BCUT2D eigenvalue weighted by atomic mass is 10.1. The van der Waals surface area contributed by atoms with E-state index in [1.54, 1.807) is 6.92 Å². The molecule has 0 bridgehead atoms. The summed E-state index contributed by atoms with van der Waals surface area (Å²) in [4.78, 5) is 14.7. The van der Waals surface area contributed by atoms with E-state index in [0.717, 1.165) is 0 Å². The molecule has 18 heavy (non-hydrogen) atoms. The minimum Gasteiger partial charge on any atom is -0.466 e. The van der Waals surface area contributed by atoms with Crippen molar-refractivity contribution in [2.45, 2.75) is 25.1 Å². The van der Waals surface area contributed by atoms with E-state index in [1.807, 2.05) is 0 Å². The highest BCUT2D eigenvalue weighted by Gasteiger charge is 2.21. The van der Waals surface area contributed by atoms with Crippen LogP contribution in [0.3, 0.4) is 0 Å². The number of rotatable bonds is 5. The number of aromatic nitrogens is 1. The third-order valence-corrected chi connectivity index (χ3v) is 2.67. The molecule has 0 N–H and O–H groups in total. The van der Waals surface area contributed by atoms with Crippen LogP contribution in [-0.4, -0.2) is 17.6 Å². The molecular weight excluding hydrogens is 315 g/mol. The average molecular weight is 326 g/mol. The lowest BCUT2D eigenvalue weighted by Crippen LogP contribution is -2.12. The lowest BCUT2D eigenvalue weighted by Gasteiger charge is -2.09. The van der Waals surface area contributed by atoms with Gasteiger partial charge >= 0.3 is 5.97 Å². The van der Waals surface area contributed by atoms with Crippen LogP contribution in [0.2, 0.25) is 0 Å². The summed E-state index contributed by atoms with van der Waals surface area (Å²) in [5.74, 6) is -1.81. The van der Waals surface area contributed by atoms with Gasteiger partial charge in [0.15, 0.2) is 5.82 Å². The predicted octanol–water partition coefficient (Wildman–Crippen LogP) is 3.16. The monoisotopic (exact) mass is 325 g/mol. The molecule has 1 aromatic heterocycles. The molecule has 1 heterocycles. The van der Waals surface area contributed by atoms with Gasteiger partial charge in [0.2, 0.25) is 0 Å². The lowest BCUT2D eigenvalue weighted by molar-refractivity contribution is -0.142. The Bertz CT molecular complexity index is 441. The van der Waals surface area contributed by atoms with Gasteiger partial charge < -0.3 is 4.74 Å². The number of halogens is 4. The summed E-state index contributed by atoms with van der Waals surface area (Å²) in [6.07, 6.45) is -3.41. The first-order valence-electron chi connectivity index (χ1n) is 5.17. The second kappa shape index (κ2) is 6.72. The Morgan fingerprint density at radius 1 is 1.56 bits per heavy atom. The highest BCUT2D eigenvalue weighted by Crippen LogP contribution is 2.24. The molecule has 1 aromatic rings. The van der Waals surface area contributed by atoms with Gasteiger partial charge in [0.05, 0.1) is 18.7 Å². The van der Waals surface area contributed by atoms with Crippen LogP contribution in [0.1, 0.15) is 30.3 Å². The number of ether oxygens (including phenoxy) is 1. The molecule has 0 fully saturated rings. The van der Waals surface area contributed by atoms with Crippen LogP contribution in [0.15, 0.2) is 6.07 Å². The maximum atomic E-state index is 13.7. The van der Waals surface area contributed by atoms with Gasteiger partial charge in [-0.1, -0.05) is 15.9 Å². The SMILES string of the molecule is CCOC(=O)Cc1cc(CBr)nc(C(F)F)c1F. The molecule has 0 aliphatic carbocycles. The Labute approximate surface area is 110 Å². The molecule has 100 valence electrons. The number of carbonyl (C=O) groups excluding carboxylic acids is 1. The summed E-state index contributed by atoms with van der Waals surface area (Å²) in [7, 11) is 0. The van der Waals surface area contributed by atoms with E-state index in [4.69, 9.17) is 0 Å². The standard InChI is InChI=1S/C11H11BrF3NO2/c1-2-18-8(17)4-6-3-7(5-12)16-10(9(6)13)11(14)15/h3,11H,2,4-5H2,1H3. The smallest absolute Gasteiger partial charge is 0.310 e. The van der Waals surface area contributed by atoms with Crippen LogP contribution < -0.4 is 0 Å². The van der Waals surface area contributed by atoms with Crippen molar-refractivity contribution in [3.05, 3.63) is 28.8 Å². The van der Waals surface area contributed by atoms with Gasteiger partial charge in [-0.2, -0.15) is 0 Å². The third kappa shape index (κ3) is 3.69. The van der Waals surface area contributed by atoms with Crippen molar-refractivity contribution in [1.82, 2.24) is 4.98 Å². The van der Waals surface area contributed by atoms with Crippen LogP contribution in [0.5, 0.6) is 0 Å². The second-order valence-electron chi connectivity index (χ2n) is 3.39. The quantitative estimate of drug-likeness (QED) is 0.616. The molecule has 7 heteroatoms. The molecule has 0 amide bonds. The predicted molar refractivity (Wildman–Crippen MR) is 62.1 cm³/mol. The molecule has 0 aliphatic rings. The normalized spacial score (nSPS) is 10.8. The topological polar surface area (TPSA) is 39.2 Å². The van der Waals surface area contributed by atoms with E-state index >= 15 is 0 Å². The van der Waals surface area contributed by atoms with Crippen molar-refractivity contribution >= 4 is 21.9 Å². The molecule has 0 unspecified atom stereocenters. The summed E-state index contributed by atoms with van der Waals surface area (Å²) in [6.45, 7) is 1.76. The van der Waals surface area contributed by atoms with E-state index in [9.17, 15) is 18.0 Å². The zero-order chi connectivity index (χ0) is 13.7. The van der Waals surface area contributed by atoms with Crippen molar-refractivity contribution in [1.29, 1.82) is 0 Å². The van der Waals surface area contributed by atoms with Gasteiger partial charge in [-0.15, -0.1) is 0 Å². The highest BCUT2D eigenvalue weighted by atomic mass is 79.9. The molecule has 0 spiro atoms. The Morgan fingerprint density at radius 3 is 2.72 bits per heavy atom. The van der Waals surface area contributed by atoms with Gasteiger partial charge in [-0.3, -0.25) is 4.79 Å². The van der Waals surface area contributed by atoms with Crippen LogP contribution in [0, 0.1) is 5.82 Å². The first-order valence-corrected chi connectivity index (χ1v) is 6.29. The molecular formula is C11H11BrF3NO2. The Balaban J connectivity index is 3.09. The minimum atomic E-state index is -3.02. The van der Waals surface area contributed by atoms with Gasteiger partial charge in [0.1, 0.15) is 5.69 Å². The van der Waals surface area contributed by atoms with Gasteiger partial charge in [0.25, 0.3) is 6.43 Å². The number of carbonyl (C=O) groups is 1. The molecule has 0 radical (unpaired) electrons. The van der Waals surface area contributed by atoms with Crippen LogP contribution >= 0.6 is 15.9 Å². The van der Waals surface area contributed by atoms with Crippen LogP contribution in [0.4, 0.5) is 13.2 Å². The summed E-state index contributed by atoms with van der Waals surface area (Å²) in [5.41, 5.74) is -0.828. The van der Waals surface area contributed by atoms with Crippen molar-refractivity contribution < 1.29 is 22.7 Å². The Hall–Kier alpha value is -1.11. The van der Waals surface area contributed by atoms with E-state index in [2.05, 4.69) is 25.7 Å². The number of nitrogens with zero attached hydrogens (tertiary/aromatic N) is 1. The Kier molecular flexibility index (Phi) is 5.58. The first kappa shape index (κ1) is 14.9. The van der Waals surface area contributed by atoms with E-state index in [0.29, 0.717) is 0 Å². The fourth-order valence-electron chi connectivity index (χ4n) is 1.37. The fraction of sp³-hybridized carbons (Fsp3) is 0.455. The zero-order valence-corrected chi connectivity index (χ0v) is 11.1. The molecule has 0 saturated heterocycles. The summed E-state index contributed by atoms with van der Waals surface area (Å²) >= 11 is 3.05. The third-order valence-electron chi connectivity index (χ3n) is 2.10. The number of alkyl halides is 3. The molecule has 0 aromatic carbocycles. The Morgan fingerprint density at radius 2 is 2.22 bits per heavy atom. The molecule has 0 saturated carbocycles. The molecule has 3 nitrogen and oxygen atoms in total. The first-order chi connectivity index (χ1) is 8.49. The maximum absolute atomic E-state index is 13.7. The fourth-order valence-corrected chi connectivity index (χ4v) is 1.66. The number of hydrogen-bond donors (Lipinski definition) is 0. The highest BCUT2D eigenvalue weighted by molar-refractivity contribution is 9.08. The zero-order valence-electron chi connectivity index (χ0n) is 9.55. The van der Waals surface area contributed by atoms with E-state index in [1.165, 1.54) is 6.07 Å². The van der Waals surface area contributed by atoms with Gasteiger partial charge in [0, 0.05) is 10.9 Å². The van der Waals surface area contributed by atoms with Crippen LogP contribution in [0.25, 0.3) is 0 Å². The summed E-state index contributed by atoms with van der Waals surface area (Å²) in [5, 5.41) is 0.197. The maximum Gasteiger partial charge on any atom is 0.310 e. The molecule has 0 aliphatic heterocycles. The minimum absolute atomic E-state index is 0.131. The molecule has 1 rings (SSSR count). The second-order valence-corrected chi connectivity index (χ2v) is 3.95. The van der Waals surface area contributed by atoms with Gasteiger partial charge in [-0.25, -0.2) is 18.2 Å². The molecule has 0 atom stereocenters. The average Bonchev–Trinajstić information content (AvgIpc) is 2.31. The van der Waals surface area contributed by atoms with Crippen molar-refractivity contribution in [3.8, 4) is 0 Å². The van der Waals surface area contributed by atoms with Crippen molar-refractivity contribution in [3.63, 3.8) is 0 Å². The summed E-state index contributed by atoms with van der Waals surface area (Å²) in [6, 6.07) is 1.27. The van der Waals surface area contributed by atoms with E-state index < -0.39 is 23.9 Å². The number of hydrogen-bond acceptors (Lipinski definition) is 3. The number of pyridine rings is 1.